The fourth-order valence-corrected chi connectivity index (χ4v) is 3.18. The first kappa shape index (κ1) is 22.2. The van der Waals surface area contributed by atoms with Crippen LogP contribution in [-0.4, -0.2) is 29.1 Å². The van der Waals surface area contributed by atoms with E-state index in [1.807, 2.05) is 45.0 Å². The zero-order valence-electron chi connectivity index (χ0n) is 18.3. The highest BCUT2D eigenvalue weighted by atomic mass is 16.5. The number of carbonyl (C=O) groups excluding carboxylic acids is 1. The maximum Gasteiger partial charge on any atom is 0.347 e. The van der Waals surface area contributed by atoms with Gasteiger partial charge in [0.1, 0.15) is 17.1 Å². The van der Waals surface area contributed by atoms with Gasteiger partial charge in [0.05, 0.1) is 6.61 Å². The number of carboxylic acids is 1. The summed E-state index contributed by atoms with van der Waals surface area (Å²) in [7, 11) is 0. The molecule has 0 aliphatic rings. The monoisotopic (exact) mass is 422 g/mol. The molecular weight excluding hydrogens is 396 g/mol. The zero-order valence-corrected chi connectivity index (χ0v) is 18.3. The molecule has 0 aliphatic heterocycles. The molecule has 0 aliphatic carbocycles. The minimum Gasteiger partial charge on any atom is -0.494 e. The van der Waals surface area contributed by atoms with Crippen molar-refractivity contribution in [2.45, 2.75) is 40.2 Å². The molecular formula is C25H26O6. The van der Waals surface area contributed by atoms with Crippen molar-refractivity contribution in [2.75, 3.05) is 6.61 Å². The highest BCUT2D eigenvalue weighted by Crippen LogP contribution is 2.29. The Labute approximate surface area is 181 Å². The lowest BCUT2D eigenvalue weighted by Gasteiger charge is -2.24. The Hall–Kier alpha value is -3.54. The maximum atomic E-state index is 12.6. The average molecular weight is 422 g/mol. The van der Waals surface area contributed by atoms with E-state index in [0.717, 1.165) is 22.1 Å². The van der Waals surface area contributed by atoms with Crippen molar-refractivity contribution in [1.29, 1.82) is 0 Å². The summed E-state index contributed by atoms with van der Waals surface area (Å²) in [5.41, 5.74) is 1.63. The van der Waals surface area contributed by atoms with Crippen molar-refractivity contribution >= 4 is 28.8 Å². The third-order valence-corrected chi connectivity index (χ3v) is 4.83. The van der Waals surface area contributed by atoms with E-state index >= 15 is 0 Å². The lowest BCUT2D eigenvalue weighted by molar-refractivity contribution is -0.152. The molecule has 1 N–H and O–H groups in total. The molecule has 1 heterocycles. The van der Waals surface area contributed by atoms with Crippen LogP contribution in [0.4, 0.5) is 0 Å². The number of rotatable bonds is 8. The lowest BCUT2D eigenvalue weighted by Crippen LogP contribution is -2.38. The van der Waals surface area contributed by atoms with E-state index < -0.39 is 11.6 Å². The lowest BCUT2D eigenvalue weighted by atomic mass is 10.0. The molecule has 3 rings (SSSR count). The maximum absolute atomic E-state index is 12.6. The first-order valence-electron chi connectivity index (χ1n) is 10.0. The summed E-state index contributed by atoms with van der Waals surface area (Å²) >= 11 is 0. The van der Waals surface area contributed by atoms with Crippen molar-refractivity contribution in [3.63, 3.8) is 0 Å². The first-order valence-corrected chi connectivity index (χ1v) is 10.0. The van der Waals surface area contributed by atoms with Crippen LogP contribution < -0.4 is 9.47 Å². The van der Waals surface area contributed by atoms with Gasteiger partial charge in [-0.3, -0.25) is 4.79 Å². The molecule has 2 aromatic carbocycles. The van der Waals surface area contributed by atoms with Gasteiger partial charge in [0, 0.05) is 11.5 Å². The summed E-state index contributed by atoms with van der Waals surface area (Å²) in [5, 5.41) is 10.1. The number of allylic oxidation sites excluding steroid dienone is 1. The Morgan fingerprint density at radius 3 is 2.39 bits per heavy atom. The van der Waals surface area contributed by atoms with Crippen LogP contribution in [0.3, 0.4) is 0 Å². The first-order chi connectivity index (χ1) is 14.6. The molecule has 0 atom stereocenters. The predicted octanol–water partition coefficient (Wildman–Crippen LogP) is 5.59. The number of fused-ring (bicyclic) bond motifs is 1. The van der Waals surface area contributed by atoms with Crippen LogP contribution in [0.25, 0.3) is 17.0 Å². The van der Waals surface area contributed by atoms with Crippen LogP contribution in [0.15, 0.2) is 46.9 Å². The van der Waals surface area contributed by atoms with Gasteiger partial charge in [-0.1, -0.05) is 6.08 Å². The second kappa shape index (κ2) is 8.68. The number of hydrogen-bond donors (Lipinski definition) is 1. The third-order valence-electron chi connectivity index (χ3n) is 4.83. The Morgan fingerprint density at radius 2 is 1.77 bits per heavy atom. The molecule has 1 aromatic heterocycles. The summed E-state index contributed by atoms with van der Waals surface area (Å²) in [5.74, 6) is 0.171. The van der Waals surface area contributed by atoms with Crippen molar-refractivity contribution in [2.24, 2.45) is 0 Å². The van der Waals surface area contributed by atoms with Gasteiger partial charge in [-0.15, -0.1) is 0 Å². The Kier molecular flexibility index (Phi) is 6.20. The predicted molar refractivity (Wildman–Crippen MR) is 119 cm³/mol. The minimum atomic E-state index is -1.34. The minimum absolute atomic E-state index is 0.247. The molecule has 0 fully saturated rings. The highest BCUT2D eigenvalue weighted by Gasteiger charge is 2.30. The Morgan fingerprint density at radius 1 is 1.10 bits per heavy atom. The SMILES string of the molecule is CCOc1ccc2cc(C(=O)C=Cc3cc(C)c(OC(C)(C)C(=O)O)c(C)c3)oc2c1. The second-order valence-corrected chi connectivity index (χ2v) is 7.84. The van der Waals surface area contributed by atoms with Crippen molar-refractivity contribution in [3.05, 3.63) is 64.9 Å². The Balaban J connectivity index is 1.80. The van der Waals surface area contributed by atoms with Crippen LogP contribution in [0, 0.1) is 13.8 Å². The molecule has 6 nitrogen and oxygen atoms in total. The van der Waals surface area contributed by atoms with Crippen molar-refractivity contribution < 1.29 is 28.6 Å². The van der Waals surface area contributed by atoms with Gasteiger partial charge in [-0.05, 0) is 87.7 Å². The van der Waals surface area contributed by atoms with E-state index in [1.54, 1.807) is 18.2 Å². The van der Waals surface area contributed by atoms with Crippen LogP contribution in [0.5, 0.6) is 11.5 Å². The summed E-state index contributed by atoms with van der Waals surface area (Å²) < 4.78 is 16.9. The molecule has 0 spiro atoms. The molecule has 6 heteroatoms. The topological polar surface area (TPSA) is 86.0 Å². The van der Waals surface area contributed by atoms with E-state index in [-0.39, 0.29) is 11.5 Å². The molecule has 3 aromatic rings. The number of ether oxygens (including phenoxy) is 2. The number of benzene rings is 2. The molecule has 0 amide bonds. The average Bonchev–Trinajstić information content (AvgIpc) is 3.12. The number of ketones is 1. The van der Waals surface area contributed by atoms with E-state index in [0.29, 0.717) is 23.7 Å². The summed E-state index contributed by atoms with van der Waals surface area (Å²) in [6.07, 6.45) is 3.16. The van der Waals surface area contributed by atoms with Crippen molar-refractivity contribution in [1.82, 2.24) is 0 Å². The number of furan rings is 1. The standard InChI is InChI=1S/C25H26O6/c1-6-29-19-9-8-18-13-22(30-21(18)14-19)20(26)10-7-17-11-15(2)23(16(3)12-17)31-25(4,5)24(27)28/h7-14H,6H2,1-5H3,(H,27,28). The van der Waals surface area contributed by atoms with Crippen LogP contribution in [0.2, 0.25) is 0 Å². The van der Waals surface area contributed by atoms with Crippen LogP contribution >= 0.6 is 0 Å². The largest absolute Gasteiger partial charge is 0.494 e. The van der Waals surface area contributed by atoms with Gasteiger partial charge in [-0.2, -0.15) is 0 Å². The quantitative estimate of drug-likeness (QED) is 0.376. The highest BCUT2D eigenvalue weighted by molar-refractivity contribution is 6.07. The molecule has 0 unspecified atom stereocenters. The smallest absolute Gasteiger partial charge is 0.347 e. The van der Waals surface area contributed by atoms with E-state index in [9.17, 15) is 14.7 Å². The fourth-order valence-electron chi connectivity index (χ4n) is 3.18. The Bertz CT molecular complexity index is 1140. The van der Waals surface area contributed by atoms with Crippen molar-refractivity contribution in [3.8, 4) is 11.5 Å². The number of carboxylic acid groups (broad SMARTS) is 1. The second-order valence-electron chi connectivity index (χ2n) is 7.84. The molecule has 0 radical (unpaired) electrons. The zero-order chi connectivity index (χ0) is 22.8. The number of aryl methyl sites for hydroxylation is 2. The van der Waals surface area contributed by atoms with Gasteiger partial charge in [0.2, 0.25) is 5.78 Å². The van der Waals surface area contributed by atoms with Crippen LogP contribution in [0.1, 0.15) is 48.0 Å². The fraction of sp³-hybridized carbons (Fsp3) is 0.280. The molecule has 0 bridgehead atoms. The number of aliphatic carboxylic acids is 1. The normalized spacial score (nSPS) is 11.8. The molecule has 0 saturated heterocycles. The third kappa shape index (κ3) is 4.97. The summed E-state index contributed by atoms with van der Waals surface area (Å²) in [6, 6.07) is 10.9. The summed E-state index contributed by atoms with van der Waals surface area (Å²) in [4.78, 5) is 23.9. The number of hydrogen-bond acceptors (Lipinski definition) is 5. The molecule has 0 saturated carbocycles. The molecule has 31 heavy (non-hydrogen) atoms. The summed E-state index contributed by atoms with van der Waals surface area (Å²) in [6.45, 7) is 9.15. The van der Waals surface area contributed by atoms with Gasteiger partial charge in [0.15, 0.2) is 11.4 Å². The van der Waals surface area contributed by atoms with Crippen LogP contribution in [-0.2, 0) is 4.79 Å². The van der Waals surface area contributed by atoms with E-state index in [1.165, 1.54) is 19.9 Å². The van der Waals surface area contributed by atoms with Gasteiger partial charge in [-0.25, -0.2) is 4.79 Å². The van der Waals surface area contributed by atoms with E-state index in [2.05, 4.69) is 0 Å². The molecule has 162 valence electrons. The van der Waals surface area contributed by atoms with Gasteiger partial charge < -0.3 is 19.0 Å². The van der Waals surface area contributed by atoms with Gasteiger partial charge in [0.25, 0.3) is 0 Å². The number of carbonyl (C=O) groups is 2. The van der Waals surface area contributed by atoms with E-state index in [4.69, 9.17) is 13.9 Å². The van der Waals surface area contributed by atoms with Gasteiger partial charge >= 0.3 is 5.97 Å².